The summed E-state index contributed by atoms with van der Waals surface area (Å²) in [5.41, 5.74) is 1.36. The van der Waals surface area contributed by atoms with Crippen molar-refractivity contribution >= 4 is 11.9 Å². The molecule has 41 heavy (non-hydrogen) atoms. The number of hydrogen-bond donors (Lipinski definition) is 0. The lowest BCUT2D eigenvalue weighted by atomic mass is 10.2. The summed E-state index contributed by atoms with van der Waals surface area (Å²) in [5.74, 6) is -1.72. The van der Waals surface area contributed by atoms with Crippen LogP contribution in [0.5, 0.6) is 0 Å². The standard InChI is InChI=1S/C28H39FN4O8/c1-36-27(34)25-5-3-4-23(30-25)20-32-6-10-38-14-16-40-12-8-33(9-13-41-17-15-39-11-7-32)21-24-18-22(29)19-26(31-24)28(35)37-2/h3-5,18-19H,6-17,20-21H2,1-2H3. The lowest BCUT2D eigenvalue weighted by Gasteiger charge is -2.23. The summed E-state index contributed by atoms with van der Waals surface area (Å²) < 4.78 is 46.6. The van der Waals surface area contributed by atoms with Gasteiger partial charge in [0, 0.05) is 45.3 Å². The van der Waals surface area contributed by atoms with Crippen molar-refractivity contribution in [3.63, 3.8) is 0 Å². The normalized spacial score (nSPS) is 17.7. The predicted octanol–water partition coefficient (Wildman–Crippen LogP) is 1.57. The number of hydrogen-bond acceptors (Lipinski definition) is 12. The fourth-order valence-corrected chi connectivity index (χ4v) is 4.04. The molecule has 0 radical (unpaired) electrons. The molecule has 12 nitrogen and oxygen atoms in total. The number of aromatic nitrogens is 2. The number of esters is 2. The minimum absolute atomic E-state index is 0.0739. The van der Waals surface area contributed by atoms with Crippen molar-refractivity contribution in [1.29, 1.82) is 0 Å². The van der Waals surface area contributed by atoms with Crippen molar-refractivity contribution < 1.29 is 42.4 Å². The number of carbonyl (C=O) groups excluding carboxylic acids is 2. The van der Waals surface area contributed by atoms with Crippen molar-refractivity contribution in [3.05, 3.63) is 58.9 Å². The largest absolute Gasteiger partial charge is 0.464 e. The van der Waals surface area contributed by atoms with E-state index in [1.54, 1.807) is 12.1 Å². The third-order valence-electron chi connectivity index (χ3n) is 6.16. The van der Waals surface area contributed by atoms with E-state index in [0.29, 0.717) is 97.8 Å². The quantitative estimate of drug-likeness (QED) is 0.463. The van der Waals surface area contributed by atoms with Gasteiger partial charge in [-0.2, -0.15) is 0 Å². The Morgan fingerprint density at radius 3 is 1.68 bits per heavy atom. The summed E-state index contributed by atoms with van der Waals surface area (Å²) in [6, 6.07) is 7.63. The number of pyridine rings is 2. The van der Waals surface area contributed by atoms with E-state index in [0.717, 1.165) is 11.8 Å². The van der Waals surface area contributed by atoms with Crippen molar-refractivity contribution in [1.82, 2.24) is 19.8 Å². The Labute approximate surface area is 239 Å². The molecule has 0 aromatic carbocycles. The molecule has 2 aromatic rings. The van der Waals surface area contributed by atoms with Crippen LogP contribution in [0.25, 0.3) is 0 Å². The molecule has 0 saturated carbocycles. The first-order valence-corrected chi connectivity index (χ1v) is 13.5. The van der Waals surface area contributed by atoms with Crippen LogP contribution < -0.4 is 0 Å². The zero-order chi connectivity index (χ0) is 29.3. The van der Waals surface area contributed by atoms with Crippen molar-refractivity contribution in [2.24, 2.45) is 0 Å². The maximum Gasteiger partial charge on any atom is 0.356 e. The van der Waals surface area contributed by atoms with Crippen LogP contribution in [0.4, 0.5) is 4.39 Å². The van der Waals surface area contributed by atoms with Crippen molar-refractivity contribution in [2.45, 2.75) is 13.1 Å². The van der Waals surface area contributed by atoms with Gasteiger partial charge in [-0.1, -0.05) is 6.07 Å². The molecule has 1 aliphatic heterocycles. The van der Waals surface area contributed by atoms with Crippen LogP contribution in [0.15, 0.2) is 30.3 Å². The summed E-state index contributed by atoms with van der Waals surface area (Å²) in [6.07, 6.45) is 0. The number of carbonyl (C=O) groups is 2. The third-order valence-corrected chi connectivity index (χ3v) is 6.16. The molecule has 0 atom stereocenters. The van der Waals surface area contributed by atoms with Crippen LogP contribution >= 0.6 is 0 Å². The summed E-state index contributed by atoms with van der Waals surface area (Å²) in [7, 11) is 2.56. The van der Waals surface area contributed by atoms with E-state index in [2.05, 4.69) is 19.6 Å². The van der Waals surface area contributed by atoms with E-state index in [9.17, 15) is 14.0 Å². The van der Waals surface area contributed by atoms with Gasteiger partial charge in [-0.25, -0.2) is 23.9 Å². The van der Waals surface area contributed by atoms with Gasteiger partial charge in [-0.15, -0.1) is 0 Å². The van der Waals surface area contributed by atoms with Crippen LogP contribution in [0.1, 0.15) is 32.4 Å². The van der Waals surface area contributed by atoms with Gasteiger partial charge in [0.25, 0.3) is 0 Å². The Kier molecular flexibility index (Phi) is 14.5. The summed E-state index contributed by atoms with van der Waals surface area (Å²) >= 11 is 0. The van der Waals surface area contributed by atoms with Crippen LogP contribution in [-0.4, -0.2) is 125 Å². The molecule has 0 bridgehead atoms. The van der Waals surface area contributed by atoms with Gasteiger partial charge in [0.15, 0.2) is 5.69 Å². The maximum absolute atomic E-state index is 14.1. The van der Waals surface area contributed by atoms with Crippen LogP contribution in [-0.2, 0) is 41.5 Å². The molecule has 0 aliphatic carbocycles. The van der Waals surface area contributed by atoms with Gasteiger partial charge in [-0.3, -0.25) is 9.80 Å². The average molecular weight is 579 g/mol. The minimum Gasteiger partial charge on any atom is -0.464 e. The lowest BCUT2D eigenvalue weighted by molar-refractivity contribution is 0.00596. The molecule has 1 saturated heterocycles. The first-order valence-electron chi connectivity index (χ1n) is 13.5. The Morgan fingerprint density at radius 2 is 1.17 bits per heavy atom. The SMILES string of the molecule is COC(=O)c1cccc(CN2CCOCCOCCN(Cc3cc(F)cc(C(=O)OC)n3)CCOCCOCC2)n1. The number of ether oxygens (including phenoxy) is 6. The van der Waals surface area contributed by atoms with Crippen molar-refractivity contribution in [3.8, 4) is 0 Å². The number of methoxy groups -OCH3 is 2. The Balaban J connectivity index is 1.51. The highest BCUT2D eigenvalue weighted by Gasteiger charge is 2.15. The predicted molar refractivity (Wildman–Crippen MR) is 145 cm³/mol. The maximum atomic E-state index is 14.1. The molecule has 3 heterocycles. The molecule has 3 rings (SSSR count). The fraction of sp³-hybridized carbons (Fsp3) is 0.571. The van der Waals surface area contributed by atoms with Gasteiger partial charge in [0.2, 0.25) is 0 Å². The zero-order valence-corrected chi connectivity index (χ0v) is 23.7. The molecule has 2 aromatic heterocycles. The molecule has 0 spiro atoms. The molecule has 0 amide bonds. The molecular weight excluding hydrogens is 539 g/mol. The number of nitrogens with zero attached hydrogens (tertiary/aromatic N) is 4. The zero-order valence-electron chi connectivity index (χ0n) is 23.7. The fourth-order valence-electron chi connectivity index (χ4n) is 4.04. The highest BCUT2D eigenvalue weighted by atomic mass is 19.1. The van der Waals surface area contributed by atoms with Crippen molar-refractivity contribution in [2.75, 3.05) is 93.3 Å². The Bertz CT molecular complexity index is 1070. The Morgan fingerprint density at radius 1 is 0.707 bits per heavy atom. The van der Waals surface area contributed by atoms with Gasteiger partial charge in [0.05, 0.1) is 78.5 Å². The summed E-state index contributed by atoms with van der Waals surface area (Å²) in [6.45, 7) is 6.77. The highest BCUT2D eigenvalue weighted by molar-refractivity contribution is 5.87. The van der Waals surface area contributed by atoms with Crippen LogP contribution in [0.3, 0.4) is 0 Å². The average Bonchev–Trinajstić information content (AvgIpc) is 2.97. The van der Waals surface area contributed by atoms with E-state index in [1.807, 2.05) is 11.0 Å². The van der Waals surface area contributed by atoms with Gasteiger partial charge in [-0.05, 0) is 18.2 Å². The molecule has 0 unspecified atom stereocenters. The van der Waals surface area contributed by atoms with E-state index in [-0.39, 0.29) is 11.4 Å². The summed E-state index contributed by atoms with van der Waals surface area (Å²) in [4.78, 5) is 36.5. The molecule has 13 heteroatoms. The number of halogens is 1. The van der Waals surface area contributed by atoms with E-state index in [1.165, 1.54) is 20.3 Å². The molecule has 0 N–H and O–H groups in total. The van der Waals surface area contributed by atoms with E-state index >= 15 is 0 Å². The molecular formula is C28H39FN4O8. The minimum atomic E-state index is -0.690. The van der Waals surface area contributed by atoms with E-state index < -0.39 is 17.8 Å². The molecule has 226 valence electrons. The second-order valence-electron chi connectivity index (χ2n) is 9.16. The smallest absolute Gasteiger partial charge is 0.356 e. The van der Waals surface area contributed by atoms with Gasteiger partial charge in [0.1, 0.15) is 11.5 Å². The van der Waals surface area contributed by atoms with E-state index in [4.69, 9.17) is 23.7 Å². The number of rotatable bonds is 6. The second kappa shape index (κ2) is 18.4. The molecule has 1 aliphatic rings. The Hall–Kier alpha value is -3.07. The van der Waals surface area contributed by atoms with Gasteiger partial charge >= 0.3 is 11.9 Å². The third kappa shape index (κ3) is 12.1. The first-order chi connectivity index (χ1) is 20.0. The monoisotopic (exact) mass is 578 g/mol. The first kappa shape index (κ1) is 32.4. The van der Waals surface area contributed by atoms with Gasteiger partial charge < -0.3 is 28.4 Å². The highest BCUT2D eigenvalue weighted by Crippen LogP contribution is 2.10. The van der Waals surface area contributed by atoms with Crippen LogP contribution in [0.2, 0.25) is 0 Å². The topological polar surface area (TPSA) is 122 Å². The molecule has 1 fully saturated rings. The lowest BCUT2D eigenvalue weighted by Crippen LogP contribution is -2.33. The van der Waals surface area contributed by atoms with Crippen LogP contribution in [0, 0.1) is 5.82 Å². The summed E-state index contributed by atoms with van der Waals surface area (Å²) in [5, 5.41) is 0. The second-order valence-corrected chi connectivity index (χ2v) is 9.16.